The molecule has 0 bridgehead atoms. The highest BCUT2D eigenvalue weighted by atomic mass is 16.6. The van der Waals surface area contributed by atoms with E-state index in [2.05, 4.69) is 10.6 Å². The van der Waals surface area contributed by atoms with Gasteiger partial charge in [0.1, 0.15) is 23.4 Å². The molecule has 0 saturated carbocycles. The van der Waals surface area contributed by atoms with E-state index in [1.165, 1.54) is 17.0 Å². The number of phenols is 1. The van der Waals surface area contributed by atoms with Crippen molar-refractivity contribution in [2.75, 3.05) is 0 Å². The van der Waals surface area contributed by atoms with Gasteiger partial charge < -0.3 is 25.4 Å². The number of alkyl carbamates (subject to hydrolysis) is 1. The summed E-state index contributed by atoms with van der Waals surface area (Å²) in [5, 5.41) is 15.4. The average molecular weight is 478 g/mol. The molecule has 192 valence electrons. The summed E-state index contributed by atoms with van der Waals surface area (Å²) in [6.07, 6.45) is 1.58. The summed E-state index contributed by atoms with van der Waals surface area (Å²) in [5.74, 6) is -0.657. The molecule has 34 heavy (non-hydrogen) atoms. The van der Waals surface area contributed by atoms with Gasteiger partial charge in [0.25, 0.3) is 0 Å². The largest absolute Gasteiger partial charge is 0.508 e. The van der Waals surface area contributed by atoms with Crippen molar-refractivity contribution in [2.45, 2.75) is 111 Å². The number of carbonyl (C=O) groups is 3. The summed E-state index contributed by atoms with van der Waals surface area (Å²) in [6, 6.07) is 4.32. The Morgan fingerprint density at radius 3 is 2.03 bits per heavy atom. The molecule has 1 aromatic carbocycles. The van der Waals surface area contributed by atoms with E-state index in [0.29, 0.717) is 12.0 Å². The zero-order chi connectivity index (χ0) is 26.3. The molecule has 8 heteroatoms. The van der Waals surface area contributed by atoms with Crippen molar-refractivity contribution < 1.29 is 24.2 Å². The zero-order valence-electron chi connectivity index (χ0n) is 22.2. The zero-order valence-corrected chi connectivity index (χ0v) is 22.2. The minimum Gasteiger partial charge on any atom is -0.508 e. The Balaban J connectivity index is 3.44. The molecular formula is C26H43N3O5. The molecule has 3 N–H and O–H groups in total. The molecule has 0 radical (unpaired) electrons. The SMILES string of the molecule is CCCC(C)NC(=O)C(c1ccc(O)cc1)N(C(=O)C(C)NC(=O)OC(C)(C)C)C(C)(C)CC. The van der Waals surface area contributed by atoms with Crippen LogP contribution < -0.4 is 10.6 Å². The normalized spacial score (nSPS) is 14.5. The third kappa shape index (κ3) is 8.54. The highest BCUT2D eigenvalue weighted by Crippen LogP contribution is 2.33. The Bertz CT molecular complexity index is 830. The molecule has 8 nitrogen and oxygen atoms in total. The molecule has 3 atom stereocenters. The average Bonchev–Trinajstić information content (AvgIpc) is 2.70. The molecular weight excluding hydrogens is 434 g/mol. The number of rotatable bonds is 10. The van der Waals surface area contributed by atoms with E-state index >= 15 is 0 Å². The number of aromatic hydroxyl groups is 1. The van der Waals surface area contributed by atoms with E-state index in [4.69, 9.17) is 4.74 Å². The minimum atomic E-state index is -0.953. The topological polar surface area (TPSA) is 108 Å². The van der Waals surface area contributed by atoms with Gasteiger partial charge in [-0.25, -0.2) is 4.79 Å². The first-order valence-corrected chi connectivity index (χ1v) is 12.0. The van der Waals surface area contributed by atoms with Gasteiger partial charge in [0.15, 0.2) is 0 Å². The Kier molecular flexibility index (Phi) is 10.4. The van der Waals surface area contributed by atoms with Crippen LogP contribution in [-0.2, 0) is 14.3 Å². The Morgan fingerprint density at radius 1 is 1.00 bits per heavy atom. The standard InChI is InChI=1S/C26H43N3O5/c1-10-12-17(3)27-22(31)21(19-13-15-20(30)16-14-19)29(26(8,9)11-2)23(32)18(4)28-24(33)34-25(5,6)7/h13-18,21,30H,10-12H2,1-9H3,(H,27,31)(H,28,33). The number of hydrogen-bond acceptors (Lipinski definition) is 5. The number of amides is 3. The number of nitrogens with zero attached hydrogens (tertiary/aromatic N) is 1. The van der Waals surface area contributed by atoms with E-state index in [-0.39, 0.29) is 17.7 Å². The smallest absolute Gasteiger partial charge is 0.408 e. The summed E-state index contributed by atoms with van der Waals surface area (Å²) in [5.41, 5.74) is -0.855. The van der Waals surface area contributed by atoms with Gasteiger partial charge in [-0.3, -0.25) is 9.59 Å². The number of phenolic OH excluding ortho intramolecular Hbond substituents is 1. The monoisotopic (exact) mass is 477 g/mol. The van der Waals surface area contributed by atoms with E-state index in [9.17, 15) is 19.5 Å². The lowest BCUT2D eigenvalue weighted by atomic mass is 9.92. The summed E-state index contributed by atoms with van der Waals surface area (Å²) in [7, 11) is 0. The fraction of sp³-hybridized carbons (Fsp3) is 0.654. The van der Waals surface area contributed by atoms with Crippen LogP contribution in [0.1, 0.15) is 93.2 Å². The van der Waals surface area contributed by atoms with Crippen molar-refractivity contribution in [3.05, 3.63) is 29.8 Å². The molecule has 1 rings (SSSR count). The molecule has 0 aliphatic rings. The van der Waals surface area contributed by atoms with Gasteiger partial charge in [-0.2, -0.15) is 0 Å². The fourth-order valence-corrected chi connectivity index (χ4v) is 3.60. The number of nitrogens with one attached hydrogen (secondary N) is 2. The lowest BCUT2D eigenvalue weighted by Gasteiger charge is -2.44. The molecule has 3 unspecified atom stereocenters. The molecule has 3 amide bonds. The fourth-order valence-electron chi connectivity index (χ4n) is 3.60. The van der Waals surface area contributed by atoms with Crippen LogP contribution in [0.15, 0.2) is 24.3 Å². The van der Waals surface area contributed by atoms with Crippen LogP contribution >= 0.6 is 0 Å². The minimum absolute atomic E-state index is 0.0647. The second kappa shape index (κ2) is 12.1. The van der Waals surface area contributed by atoms with Gasteiger partial charge in [-0.15, -0.1) is 0 Å². The third-order valence-electron chi connectivity index (χ3n) is 5.68. The molecule has 0 saturated heterocycles. The summed E-state index contributed by atoms with van der Waals surface area (Å²) >= 11 is 0. The maximum absolute atomic E-state index is 13.8. The van der Waals surface area contributed by atoms with E-state index in [1.54, 1.807) is 39.8 Å². The molecule has 0 aliphatic carbocycles. The van der Waals surface area contributed by atoms with Crippen molar-refractivity contribution in [3.63, 3.8) is 0 Å². The van der Waals surface area contributed by atoms with Gasteiger partial charge >= 0.3 is 6.09 Å². The number of hydrogen-bond donors (Lipinski definition) is 3. The summed E-state index contributed by atoms with van der Waals surface area (Å²) < 4.78 is 5.31. The second-order valence-corrected chi connectivity index (χ2v) is 10.4. The first-order chi connectivity index (χ1) is 15.6. The Labute approximate surface area is 204 Å². The number of carbonyl (C=O) groups excluding carboxylic acids is 3. The quantitative estimate of drug-likeness (QED) is 0.454. The van der Waals surface area contributed by atoms with Gasteiger partial charge in [0.05, 0.1) is 0 Å². The van der Waals surface area contributed by atoms with Crippen LogP contribution in [0.2, 0.25) is 0 Å². The predicted octanol–water partition coefficient (Wildman–Crippen LogP) is 4.67. The number of ether oxygens (including phenoxy) is 1. The van der Waals surface area contributed by atoms with E-state index in [1.807, 2.05) is 34.6 Å². The molecule has 0 fully saturated rings. The highest BCUT2D eigenvalue weighted by Gasteiger charge is 2.42. The number of benzene rings is 1. The van der Waals surface area contributed by atoms with Crippen LogP contribution in [0, 0.1) is 0 Å². The van der Waals surface area contributed by atoms with Crippen LogP contribution in [0.3, 0.4) is 0 Å². The van der Waals surface area contributed by atoms with Crippen molar-refractivity contribution in [2.24, 2.45) is 0 Å². The summed E-state index contributed by atoms with van der Waals surface area (Å²) in [6.45, 7) is 16.5. The van der Waals surface area contributed by atoms with Crippen molar-refractivity contribution in [1.29, 1.82) is 0 Å². The van der Waals surface area contributed by atoms with Crippen molar-refractivity contribution >= 4 is 17.9 Å². The first kappa shape index (κ1) is 29.3. The first-order valence-electron chi connectivity index (χ1n) is 12.0. The molecule has 0 aromatic heterocycles. The van der Waals surface area contributed by atoms with Crippen molar-refractivity contribution in [3.8, 4) is 5.75 Å². The van der Waals surface area contributed by atoms with Crippen molar-refractivity contribution in [1.82, 2.24) is 15.5 Å². The molecule has 0 heterocycles. The van der Waals surface area contributed by atoms with Gasteiger partial charge in [0.2, 0.25) is 11.8 Å². The maximum Gasteiger partial charge on any atom is 0.408 e. The second-order valence-electron chi connectivity index (χ2n) is 10.4. The van der Waals surface area contributed by atoms with E-state index < -0.39 is 35.2 Å². The lowest BCUT2D eigenvalue weighted by molar-refractivity contribution is -0.149. The third-order valence-corrected chi connectivity index (χ3v) is 5.68. The molecule has 0 spiro atoms. The van der Waals surface area contributed by atoms with Gasteiger partial charge in [-0.1, -0.05) is 32.4 Å². The van der Waals surface area contributed by atoms with Crippen LogP contribution in [0.25, 0.3) is 0 Å². The highest BCUT2D eigenvalue weighted by molar-refractivity contribution is 5.92. The van der Waals surface area contributed by atoms with Crippen LogP contribution in [0.4, 0.5) is 4.79 Å². The molecule has 0 aliphatic heterocycles. The predicted molar refractivity (Wildman–Crippen MR) is 133 cm³/mol. The Hall–Kier alpha value is -2.77. The Morgan fingerprint density at radius 2 is 1.56 bits per heavy atom. The van der Waals surface area contributed by atoms with Gasteiger partial charge in [-0.05, 0) is 79.0 Å². The van der Waals surface area contributed by atoms with Gasteiger partial charge in [0, 0.05) is 11.6 Å². The summed E-state index contributed by atoms with van der Waals surface area (Å²) in [4.78, 5) is 41.2. The van der Waals surface area contributed by atoms with Crippen LogP contribution in [-0.4, -0.2) is 51.1 Å². The molecule has 1 aromatic rings. The van der Waals surface area contributed by atoms with Crippen LogP contribution in [0.5, 0.6) is 5.75 Å². The van der Waals surface area contributed by atoms with E-state index in [0.717, 1.165) is 12.8 Å². The lowest BCUT2D eigenvalue weighted by Crippen LogP contribution is -2.59. The maximum atomic E-state index is 13.8.